The lowest BCUT2D eigenvalue weighted by Crippen LogP contribution is -2.06. The predicted octanol–water partition coefficient (Wildman–Crippen LogP) is 2.95. The highest BCUT2D eigenvalue weighted by atomic mass is 16.7. The van der Waals surface area contributed by atoms with E-state index in [9.17, 15) is 4.79 Å². The second-order valence-corrected chi connectivity index (χ2v) is 4.89. The number of hydrogen-bond donors (Lipinski definition) is 1. The molecule has 1 N–H and O–H groups in total. The van der Waals surface area contributed by atoms with Crippen LogP contribution in [0.3, 0.4) is 0 Å². The zero-order valence-electron chi connectivity index (χ0n) is 12.1. The van der Waals surface area contributed by atoms with Crippen molar-refractivity contribution in [1.29, 1.82) is 0 Å². The molecule has 0 atom stereocenters. The lowest BCUT2D eigenvalue weighted by atomic mass is 10.2. The van der Waals surface area contributed by atoms with Crippen LogP contribution in [0.15, 0.2) is 24.3 Å². The van der Waals surface area contributed by atoms with Gasteiger partial charge in [-0.05, 0) is 49.5 Å². The van der Waals surface area contributed by atoms with Crippen LogP contribution >= 0.6 is 0 Å². The van der Waals surface area contributed by atoms with Crippen LogP contribution in [-0.4, -0.2) is 31.1 Å². The Morgan fingerprint density at radius 2 is 2.14 bits per heavy atom. The zero-order chi connectivity index (χ0) is 15.1. The van der Waals surface area contributed by atoms with E-state index in [4.69, 9.17) is 19.3 Å². The standard InChI is InChI=1S/C16H20O5/c1-2-20-15-9-12(6-8-16(17)18)5-7-14(15)21-11-19-10-13-3-4-13/h5-9,13H,2-4,10-11H2,1H3,(H,17,18)/b8-6+. The van der Waals surface area contributed by atoms with Crippen molar-refractivity contribution in [3.63, 3.8) is 0 Å². The Labute approximate surface area is 124 Å². The molecular weight excluding hydrogens is 272 g/mol. The molecule has 0 amide bonds. The SMILES string of the molecule is CCOc1cc(/C=C/C(=O)O)ccc1OCOCC1CC1. The number of carboxylic acid groups (broad SMARTS) is 1. The number of carboxylic acids is 1. The van der Waals surface area contributed by atoms with Crippen LogP contribution in [0.5, 0.6) is 11.5 Å². The Kier molecular flexibility index (Phi) is 5.63. The summed E-state index contributed by atoms with van der Waals surface area (Å²) in [7, 11) is 0. The maximum absolute atomic E-state index is 10.5. The second kappa shape index (κ2) is 7.69. The highest BCUT2D eigenvalue weighted by Crippen LogP contribution is 2.30. The average Bonchev–Trinajstić information content (AvgIpc) is 3.27. The maximum Gasteiger partial charge on any atom is 0.328 e. The summed E-state index contributed by atoms with van der Waals surface area (Å²) >= 11 is 0. The fourth-order valence-electron chi connectivity index (χ4n) is 1.79. The van der Waals surface area contributed by atoms with E-state index < -0.39 is 5.97 Å². The van der Waals surface area contributed by atoms with Gasteiger partial charge in [0.1, 0.15) is 0 Å². The van der Waals surface area contributed by atoms with E-state index in [0.29, 0.717) is 24.0 Å². The first-order chi connectivity index (χ1) is 10.2. The van der Waals surface area contributed by atoms with Crippen molar-refractivity contribution in [3.05, 3.63) is 29.8 Å². The number of ether oxygens (including phenoxy) is 3. The maximum atomic E-state index is 10.5. The monoisotopic (exact) mass is 292 g/mol. The summed E-state index contributed by atoms with van der Waals surface area (Å²) in [5, 5.41) is 8.64. The minimum atomic E-state index is -0.984. The molecule has 0 bridgehead atoms. The van der Waals surface area contributed by atoms with E-state index in [1.54, 1.807) is 18.2 Å². The van der Waals surface area contributed by atoms with E-state index in [1.807, 2.05) is 6.92 Å². The quantitative estimate of drug-likeness (QED) is 0.430. The molecule has 0 radical (unpaired) electrons. The highest BCUT2D eigenvalue weighted by Gasteiger charge is 2.21. The van der Waals surface area contributed by atoms with Gasteiger partial charge in [-0.25, -0.2) is 4.79 Å². The number of benzene rings is 1. The Hall–Kier alpha value is -2.01. The van der Waals surface area contributed by atoms with Crippen LogP contribution in [0.4, 0.5) is 0 Å². The molecule has 5 heteroatoms. The van der Waals surface area contributed by atoms with Gasteiger partial charge >= 0.3 is 5.97 Å². The van der Waals surface area contributed by atoms with Gasteiger partial charge in [-0.2, -0.15) is 0 Å². The van der Waals surface area contributed by atoms with Crippen molar-refractivity contribution in [2.75, 3.05) is 20.0 Å². The Bertz CT molecular complexity index is 505. The molecule has 1 aliphatic carbocycles. The van der Waals surface area contributed by atoms with E-state index in [1.165, 1.54) is 18.9 Å². The summed E-state index contributed by atoms with van der Waals surface area (Å²) in [5.74, 6) is 0.894. The zero-order valence-corrected chi connectivity index (χ0v) is 12.1. The van der Waals surface area contributed by atoms with Gasteiger partial charge in [-0.3, -0.25) is 0 Å². The molecule has 0 heterocycles. The third-order valence-electron chi connectivity index (χ3n) is 3.03. The lowest BCUT2D eigenvalue weighted by Gasteiger charge is -2.12. The fourth-order valence-corrected chi connectivity index (χ4v) is 1.79. The topological polar surface area (TPSA) is 65.0 Å². The first-order valence-electron chi connectivity index (χ1n) is 7.07. The molecule has 1 aliphatic rings. The van der Waals surface area contributed by atoms with E-state index in [-0.39, 0.29) is 6.79 Å². The molecule has 1 aromatic rings. The Morgan fingerprint density at radius 3 is 2.81 bits per heavy atom. The molecule has 0 saturated heterocycles. The number of aliphatic carboxylic acids is 1. The summed E-state index contributed by atoms with van der Waals surface area (Å²) in [5.41, 5.74) is 0.743. The molecule has 1 saturated carbocycles. The van der Waals surface area contributed by atoms with Gasteiger partial charge in [0.25, 0.3) is 0 Å². The first-order valence-corrected chi connectivity index (χ1v) is 7.07. The van der Waals surface area contributed by atoms with Crippen LogP contribution < -0.4 is 9.47 Å². The number of hydrogen-bond acceptors (Lipinski definition) is 4. The predicted molar refractivity (Wildman–Crippen MR) is 78.5 cm³/mol. The molecule has 114 valence electrons. The molecule has 0 spiro atoms. The number of carbonyl (C=O) groups is 1. The molecule has 21 heavy (non-hydrogen) atoms. The Morgan fingerprint density at radius 1 is 1.33 bits per heavy atom. The van der Waals surface area contributed by atoms with E-state index in [2.05, 4.69) is 0 Å². The summed E-state index contributed by atoms with van der Waals surface area (Å²) in [6, 6.07) is 5.28. The summed E-state index contributed by atoms with van der Waals surface area (Å²) in [6.45, 7) is 3.32. The molecule has 2 rings (SSSR count). The van der Waals surface area contributed by atoms with Crippen molar-refractivity contribution < 1.29 is 24.1 Å². The van der Waals surface area contributed by atoms with Crippen LogP contribution in [0.25, 0.3) is 6.08 Å². The lowest BCUT2D eigenvalue weighted by molar-refractivity contribution is -0.131. The molecular formula is C16H20O5. The van der Waals surface area contributed by atoms with Crippen LogP contribution in [-0.2, 0) is 9.53 Å². The van der Waals surface area contributed by atoms with E-state index in [0.717, 1.165) is 18.2 Å². The number of rotatable bonds is 9. The minimum Gasteiger partial charge on any atom is -0.490 e. The van der Waals surface area contributed by atoms with Gasteiger partial charge in [0.05, 0.1) is 13.2 Å². The average molecular weight is 292 g/mol. The molecule has 1 aromatic carbocycles. The van der Waals surface area contributed by atoms with Crippen molar-refractivity contribution >= 4 is 12.0 Å². The molecule has 1 fully saturated rings. The van der Waals surface area contributed by atoms with Gasteiger partial charge in [-0.15, -0.1) is 0 Å². The third kappa shape index (κ3) is 5.47. The molecule has 0 aromatic heterocycles. The summed E-state index contributed by atoms with van der Waals surface area (Å²) in [4.78, 5) is 10.5. The van der Waals surface area contributed by atoms with Gasteiger partial charge in [-0.1, -0.05) is 6.07 Å². The first kappa shape index (κ1) is 15.4. The Balaban J connectivity index is 1.95. The van der Waals surface area contributed by atoms with E-state index >= 15 is 0 Å². The third-order valence-corrected chi connectivity index (χ3v) is 3.03. The minimum absolute atomic E-state index is 0.195. The van der Waals surface area contributed by atoms with Gasteiger partial charge in [0.15, 0.2) is 18.3 Å². The smallest absolute Gasteiger partial charge is 0.328 e. The normalized spacial score (nSPS) is 14.3. The van der Waals surface area contributed by atoms with Crippen molar-refractivity contribution in [1.82, 2.24) is 0 Å². The van der Waals surface area contributed by atoms with Crippen LogP contribution in [0.2, 0.25) is 0 Å². The molecule has 0 unspecified atom stereocenters. The highest BCUT2D eigenvalue weighted by molar-refractivity contribution is 5.85. The van der Waals surface area contributed by atoms with Crippen molar-refractivity contribution in [3.8, 4) is 11.5 Å². The van der Waals surface area contributed by atoms with Crippen molar-refractivity contribution in [2.45, 2.75) is 19.8 Å². The van der Waals surface area contributed by atoms with Gasteiger partial charge in [0, 0.05) is 6.08 Å². The molecule has 5 nitrogen and oxygen atoms in total. The molecule has 0 aliphatic heterocycles. The van der Waals surface area contributed by atoms with Gasteiger partial charge in [0.2, 0.25) is 0 Å². The van der Waals surface area contributed by atoms with Gasteiger partial charge < -0.3 is 19.3 Å². The summed E-state index contributed by atoms with van der Waals surface area (Å²) in [6.07, 6.45) is 5.09. The van der Waals surface area contributed by atoms with Crippen LogP contribution in [0.1, 0.15) is 25.3 Å². The largest absolute Gasteiger partial charge is 0.490 e. The van der Waals surface area contributed by atoms with Crippen LogP contribution in [0, 0.1) is 5.92 Å². The summed E-state index contributed by atoms with van der Waals surface area (Å²) < 4.78 is 16.5. The fraction of sp³-hybridized carbons (Fsp3) is 0.438. The second-order valence-electron chi connectivity index (χ2n) is 4.89. The van der Waals surface area contributed by atoms with Crippen molar-refractivity contribution in [2.24, 2.45) is 5.92 Å².